The second-order valence-corrected chi connectivity index (χ2v) is 9.79. The van der Waals surface area contributed by atoms with Crippen LogP contribution in [0.1, 0.15) is 54.2 Å². The van der Waals surface area contributed by atoms with Gasteiger partial charge in [0.15, 0.2) is 0 Å². The number of carbonyl (C=O) groups excluding carboxylic acids is 2. The zero-order chi connectivity index (χ0) is 29.8. The Hall–Kier alpha value is -5.74. The molecule has 0 spiro atoms. The molecule has 0 saturated carbocycles. The molecule has 0 saturated heterocycles. The summed E-state index contributed by atoms with van der Waals surface area (Å²) in [5.74, 6) is 0.509. The molecule has 1 aromatic heterocycles. The molecule has 0 bridgehead atoms. The second kappa shape index (κ2) is 11.8. The van der Waals surface area contributed by atoms with Gasteiger partial charge in [0.1, 0.15) is 5.75 Å². The number of amides is 1. The van der Waals surface area contributed by atoms with Crippen molar-refractivity contribution in [1.82, 2.24) is 14.9 Å². The van der Waals surface area contributed by atoms with Crippen LogP contribution < -0.4 is 10.1 Å². The van der Waals surface area contributed by atoms with Crippen molar-refractivity contribution in [3.63, 3.8) is 0 Å². The highest BCUT2D eigenvalue weighted by Gasteiger charge is 2.28. The molecule has 0 unspecified atom stereocenters. The van der Waals surface area contributed by atoms with Crippen LogP contribution in [0, 0.1) is 36.5 Å². The van der Waals surface area contributed by atoms with Gasteiger partial charge >= 0.3 is 5.97 Å². The van der Waals surface area contributed by atoms with E-state index in [0.29, 0.717) is 64.0 Å². The Morgan fingerprint density at radius 3 is 2.17 bits per heavy atom. The van der Waals surface area contributed by atoms with Gasteiger partial charge in [0.2, 0.25) is 11.8 Å². The van der Waals surface area contributed by atoms with Gasteiger partial charge in [0.25, 0.3) is 5.91 Å². The smallest absolute Gasteiger partial charge is 0.337 e. The molecule has 0 radical (unpaired) electrons. The molecule has 4 aromatic rings. The lowest BCUT2D eigenvalue weighted by atomic mass is 10.0. The zero-order valence-electron chi connectivity index (χ0n) is 23.3. The standard InChI is InChI=1S/C32H26N6O4/c1-19-14-22(17-34)15-20(2)28(19)42-29-26-18-38(30(39)23-6-8-24(9-7-23)31(40)41-3)13-12-27(26)36-32(37-29)35-25-10-4-21(16-33)5-11-25/h4-11,14-15H,12-13,18H2,1-3H3,(H,35,36,37). The van der Waals surface area contributed by atoms with Crippen LogP contribution in [0.2, 0.25) is 0 Å². The lowest BCUT2D eigenvalue weighted by Crippen LogP contribution is -2.36. The van der Waals surface area contributed by atoms with Crippen molar-refractivity contribution in [2.75, 3.05) is 19.0 Å². The van der Waals surface area contributed by atoms with Gasteiger partial charge in [0, 0.05) is 24.2 Å². The number of hydrogen-bond donors (Lipinski definition) is 1. The van der Waals surface area contributed by atoms with Crippen LogP contribution >= 0.6 is 0 Å². The molecule has 0 fully saturated rings. The van der Waals surface area contributed by atoms with E-state index < -0.39 is 5.97 Å². The highest BCUT2D eigenvalue weighted by atomic mass is 16.5. The fraction of sp³-hybridized carbons (Fsp3) is 0.188. The van der Waals surface area contributed by atoms with Crippen LogP contribution in [0.25, 0.3) is 0 Å². The first-order valence-corrected chi connectivity index (χ1v) is 13.1. The molecule has 10 heteroatoms. The number of nitrogens with zero attached hydrogens (tertiary/aromatic N) is 5. The van der Waals surface area contributed by atoms with E-state index in [1.807, 2.05) is 13.8 Å². The summed E-state index contributed by atoms with van der Waals surface area (Å²) < 4.78 is 11.2. The lowest BCUT2D eigenvalue weighted by molar-refractivity contribution is 0.0599. The average molecular weight is 559 g/mol. The van der Waals surface area contributed by atoms with Gasteiger partial charge in [-0.15, -0.1) is 0 Å². The van der Waals surface area contributed by atoms with E-state index >= 15 is 0 Å². The maximum Gasteiger partial charge on any atom is 0.337 e. The van der Waals surface area contributed by atoms with Crippen LogP contribution in [-0.2, 0) is 17.7 Å². The van der Waals surface area contributed by atoms with Gasteiger partial charge in [0.05, 0.1) is 53.7 Å². The van der Waals surface area contributed by atoms with Gasteiger partial charge in [-0.3, -0.25) is 4.79 Å². The number of aryl methyl sites for hydroxylation is 2. The predicted octanol–water partition coefficient (Wildman–Crippen LogP) is 5.36. The monoisotopic (exact) mass is 558 g/mol. The second-order valence-electron chi connectivity index (χ2n) is 9.79. The largest absolute Gasteiger partial charge is 0.465 e. The number of ether oxygens (including phenoxy) is 2. The quantitative estimate of drug-likeness (QED) is 0.310. The minimum absolute atomic E-state index is 0.200. The number of hydrogen-bond acceptors (Lipinski definition) is 9. The van der Waals surface area contributed by atoms with Crippen LogP contribution in [0.15, 0.2) is 60.7 Å². The van der Waals surface area contributed by atoms with Crippen molar-refractivity contribution in [3.8, 4) is 23.8 Å². The summed E-state index contributed by atoms with van der Waals surface area (Å²) in [4.78, 5) is 36.3. The molecular formula is C32H26N6O4. The number of benzene rings is 3. The fourth-order valence-corrected chi connectivity index (χ4v) is 4.78. The van der Waals surface area contributed by atoms with Crippen LogP contribution in [0.5, 0.6) is 11.6 Å². The first kappa shape index (κ1) is 27.8. The van der Waals surface area contributed by atoms with E-state index in [0.717, 1.165) is 16.8 Å². The topological polar surface area (TPSA) is 141 Å². The van der Waals surface area contributed by atoms with Gasteiger partial charge in [-0.05, 0) is 85.6 Å². The lowest BCUT2D eigenvalue weighted by Gasteiger charge is -2.29. The summed E-state index contributed by atoms with van der Waals surface area (Å²) in [6, 6.07) is 21.0. The van der Waals surface area contributed by atoms with Gasteiger partial charge in [-0.2, -0.15) is 15.5 Å². The molecule has 5 rings (SSSR count). The molecule has 1 N–H and O–H groups in total. The van der Waals surface area contributed by atoms with Crippen LogP contribution in [-0.4, -0.2) is 40.4 Å². The van der Waals surface area contributed by atoms with E-state index in [-0.39, 0.29) is 12.5 Å². The van der Waals surface area contributed by atoms with Gasteiger partial charge < -0.3 is 19.7 Å². The number of nitrogens with one attached hydrogen (secondary N) is 1. The van der Waals surface area contributed by atoms with E-state index in [1.165, 1.54) is 7.11 Å². The summed E-state index contributed by atoms with van der Waals surface area (Å²) >= 11 is 0. The number of nitriles is 2. The Morgan fingerprint density at radius 1 is 0.905 bits per heavy atom. The molecule has 1 aliphatic rings. The van der Waals surface area contributed by atoms with E-state index in [1.54, 1.807) is 65.6 Å². The first-order chi connectivity index (χ1) is 20.3. The van der Waals surface area contributed by atoms with E-state index in [4.69, 9.17) is 19.7 Å². The molecule has 1 amide bonds. The van der Waals surface area contributed by atoms with Gasteiger partial charge in [-0.1, -0.05) is 0 Å². The number of methoxy groups -OCH3 is 1. The van der Waals surface area contributed by atoms with Crippen molar-refractivity contribution >= 4 is 23.5 Å². The third-order valence-corrected chi connectivity index (χ3v) is 6.92. The molecule has 208 valence electrons. The summed E-state index contributed by atoms with van der Waals surface area (Å²) in [6.07, 6.45) is 0.466. The normalized spacial score (nSPS) is 12.0. The molecule has 3 aromatic carbocycles. The SMILES string of the molecule is COC(=O)c1ccc(C(=O)N2CCc3nc(Nc4ccc(C#N)cc4)nc(Oc4c(C)cc(C#N)cc4C)c3C2)cc1. The first-order valence-electron chi connectivity index (χ1n) is 13.1. The highest BCUT2D eigenvalue weighted by Crippen LogP contribution is 2.35. The van der Waals surface area contributed by atoms with Crippen LogP contribution in [0.4, 0.5) is 11.6 Å². The maximum absolute atomic E-state index is 13.4. The molecule has 10 nitrogen and oxygen atoms in total. The Labute approximate surface area is 242 Å². The predicted molar refractivity (Wildman–Crippen MR) is 153 cm³/mol. The number of fused-ring (bicyclic) bond motifs is 1. The molecular weight excluding hydrogens is 532 g/mol. The van der Waals surface area contributed by atoms with Crippen LogP contribution in [0.3, 0.4) is 0 Å². The Kier molecular flexibility index (Phi) is 7.80. The van der Waals surface area contributed by atoms with Crippen molar-refractivity contribution < 1.29 is 19.1 Å². The molecule has 42 heavy (non-hydrogen) atoms. The molecule has 2 heterocycles. The fourth-order valence-electron chi connectivity index (χ4n) is 4.78. The molecule has 0 aliphatic carbocycles. The summed E-state index contributed by atoms with van der Waals surface area (Å²) in [7, 11) is 1.31. The van der Waals surface area contributed by atoms with Gasteiger partial charge in [-0.25, -0.2) is 9.78 Å². The molecule has 1 aliphatic heterocycles. The summed E-state index contributed by atoms with van der Waals surface area (Å²) in [5, 5.41) is 21.7. The van der Waals surface area contributed by atoms with Crippen molar-refractivity contribution in [2.45, 2.75) is 26.8 Å². The number of rotatable bonds is 6. The third kappa shape index (κ3) is 5.74. The van der Waals surface area contributed by atoms with Crippen molar-refractivity contribution in [3.05, 3.63) is 105 Å². The van der Waals surface area contributed by atoms with Crippen molar-refractivity contribution in [1.29, 1.82) is 10.5 Å². The minimum Gasteiger partial charge on any atom is -0.465 e. The van der Waals surface area contributed by atoms with E-state index in [2.05, 4.69) is 22.4 Å². The summed E-state index contributed by atoms with van der Waals surface area (Å²) in [5.41, 5.74) is 5.52. The number of esters is 1. The average Bonchev–Trinajstić information content (AvgIpc) is 3.02. The highest BCUT2D eigenvalue weighted by molar-refractivity contribution is 5.96. The number of aromatic nitrogens is 2. The minimum atomic E-state index is -0.473. The zero-order valence-corrected chi connectivity index (χ0v) is 23.3. The number of anilines is 2. The Bertz CT molecular complexity index is 1750. The van der Waals surface area contributed by atoms with E-state index in [9.17, 15) is 14.9 Å². The Morgan fingerprint density at radius 2 is 1.55 bits per heavy atom. The number of carbonyl (C=O) groups is 2. The summed E-state index contributed by atoms with van der Waals surface area (Å²) in [6.45, 7) is 4.36. The Balaban J connectivity index is 1.49. The maximum atomic E-state index is 13.4. The molecule has 0 atom stereocenters. The third-order valence-electron chi connectivity index (χ3n) is 6.92. The van der Waals surface area contributed by atoms with Crippen molar-refractivity contribution in [2.24, 2.45) is 0 Å².